The second-order valence-corrected chi connectivity index (χ2v) is 6.78. The first-order valence-corrected chi connectivity index (χ1v) is 9.54. The van der Waals surface area contributed by atoms with Crippen LogP contribution in [0.5, 0.6) is 17.2 Å². The third kappa shape index (κ3) is 4.87. The number of nitrogens with one attached hydrogen (secondary N) is 2. The molecule has 7 heteroatoms. The number of fused-ring (bicyclic) bond motifs is 1. The van der Waals surface area contributed by atoms with Crippen molar-refractivity contribution < 1.29 is 14.2 Å². The first kappa shape index (κ1) is 18.9. The molecule has 0 bridgehead atoms. The summed E-state index contributed by atoms with van der Waals surface area (Å²) < 4.78 is 16.0. The average Bonchev–Trinajstić information content (AvgIpc) is 3.20. The summed E-state index contributed by atoms with van der Waals surface area (Å²) in [6.45, 7) is 3.63. The quantitative estimate of drug-likeness (QED) is 0.604. The number of methoxy groups -OCH3 is 1. The van der Waals surface area contributed by atoms with Crippen molar-refractivity contribution in [1.29, 1.82) is 0 Å². The lowest BCUT2D eigenvalue weighted by atomic mass is 10.1. The minimum atomic E-state index is 0.281. The molecule has 7 nitrogen and oxygen atoms in total. The lowest BCUT2D eigenvalue weighted by Crippen LogP contribution is -2.10. The summed E-state index contributed by atoms with van der Waals surface area (Å²) in [6, 6.07) is 15.9. The molecule has 0 radical (unpaired) electrons. The van der Waals surface area contributed by atoms with Crippen LogP contribution in [0.1, 0.15) is 16.8 Å². The fourth-order valence-electron chi connectivity index (χ4n) is 3.09. The van der Waals surface area contributed by atoms with E-state index in [2.05, 4.69) is 32.7 Å². The van der Waals surface area contributed by atoms with Gasteiger partial charge in [0.05, 0.1) is 7.11 Å². The van der Waals surface area contributed by atoms with Crippen molar-refractivity contribution in [2.45, 2.75) is 19.9 Å². The maximum atomic E-state index is 5.43. The van der Waals surface area contributed by atoms with Gasteiger partial charge in [-0.3, -0.25) is 0 Å². The number of benzene rings is 2. The largest absolute Gasteiger partial charge is 0.497 e. The first-order chi connectivity index (χ1) is 14.2. The number of aromatic nitrogens is 2. The molecule has 0 spiro atoms. The standard InChI is InChI=1S/C22H24N4O3/c1-15-11-21(24-13-17-5-8-19-20(12-17)29-14-28-19)26-22(25-15)23-10-9-16-3-6-18(27-2)7-4-16/h3-8,11-12H,9-10,13-14H2,1-2H3,(H2,23,24,25,26). The van der Waals surface area contributed by atoms with Gasteiger partial charge in [-0.05, 0) is 48.7 Å². The number of anilines is 2. The molecule has 29 heavy (non-hydrogen) atoms. The lowest BCUT2D eigenvalue weighted by molar-refractivity contribution is 0.174. The number of rotatable bonds is 8. The molecule has 0 saturated carbocycles. The van der Waals surface area contributed by atoms with Crippen LogP contribution < -0.4 is 24.8 Å². The van der Waals surface area contributed by atoms with Crippen LogP contribution in [0, 0.1) is 6.92 Å². The zero-order chi connectivity index (χ0) is 20.1. The van der Waals surface area contributed by atoms with Crippen LogP contribution in [0.3, 0.4) is 0 Å². The van der Waals surface area contributed by atoms with Crippen molar-refractivity contribution in [1.82, 2.24) is 9.97 Å². The van der Waals surface area contributed by atoms with Gasteiger partial charge in [0.15, 0.2) is 11.5 Å². The van der Waals surface area contributed by atoms with Gasteiger partial charge < -0.3 is 24.8 Å². The Balaban J connectivity index is 1.33. The van der Waals surface area contributed by atoms with Crippen LogP contribution >= 0.6 is 0 Å². The van der Waals surface area contributed by atoms with Crippen molar-refractivity contribution in [3.8, 4) is 17.2 Å². The molecule has 0 unspecified atom stereocenters. The summed E-state index contributed by atoms with van der Waals surface area (Å²) in [4.78, 5) is 9.05. The van der Waals surface area contributed by atoms with E-state index in [1.807, 2.05) is 43.3 Å². The molecule has 2 aromatic carbocycles. The zero-order valence-electron chi connectivity index (χ0n) is 16.6. The first-order valence-electron chi connectivity index (χ1n) is 9.54. The van der Waals surface area contributed by atoms with Gasteiger partial charge in [0.1, 0.15) is 11.6 Å². The fraction of sp³-hybridized carbons (Fsp3) is 0.273. The second-order valence-electron chi connectivity index (χ2n) is 6.78. The molecule has 0 amide bonds. The van der Waals surface area contributed by atoms with Gasteiger partial charge >= 0.3 is 0 Å². The van der Waals surface area contributed by atoms with Gasteiger partial charge in [-0.15, -0.1) is 0 Å². The SMILES string of the molecule is COc1ccc(CCNc2nc(C)cc(NCc3ccc4c(c3)OCO4)n2)cc1. The molecule has 1 aliphatic heterocycles. The molecule has 150 valence electrons. The molecular weight excluding hydrogens is 368 g/mol. The minimum Gasteiger partial charge on any atom is -0.497 e. The van der Waals surface area contributed by atoms with Crippen molar-refractivity contribution in [3.05, 3.63) is 65.4 Å². The Hall–Kier alpha value is -3.48. The van der Waals surface area contributed by atoms with Crippen molar-refractivity contribution in [2.75, 3.05) is 31.1 Å². The zero-order valence-corrected chi connectivity index (χ0v) is 16.6. The molecule has 1 aliphatic rings. The monoisotopic (exact) mass is 392 g/mol. The van der Waals surface area contributed by atoms with E-state index in [4.69, 9.17) is 14.2 Å². The van der Waals surface area contributed by atoms with Gasteiger partial charge in [-0.2, -0.15) is 4.98 Å². The summed E-state index contributed by atoms with van der Waals surface area (Å²) >= 11 is 0. The van der Waals surface area contributed by atoms with Gasteiger partial charge in [0.2, 0.25) is 12.7 Å². The van der Waals surface area contributed by atoms with Crippen molar-refractivity contribution >= 4 is 11.8 Å². The van der Waals surface area contributed by atoms with E-state index < -0.39 is 0 Å². The average molecular weight is 392 g/mol. The summed E-state index contributed by atoms with van der Waals surface area (Å²) in [7, 11) is 1.67. The van der Waals surface area contributed by atoms with Gasteiger partial charge in [-0.25, -0.2) is 4.98 Å². The highest BCUT2D eigenvalue weighted by molar-refractivity contribution is 5.47. The highest BCUT2D eigenvalue weighted by Crippen LogP contribution is 2.32. The van der Waals surface area contributed by atoms with Gasteiger partial charge in [0.25, 0.3) is 0 Å². The van der Waals surface area contributed by atoms with E-state index >= 15 is 0 Å². The van der Waals surface area contributed by atoms with Crippen molar-refractivity contribution in [2.24, 2.45) is 0 Å². The maximum absolute atomic E-state index is 5.43. The Labute approximate surface area is 170 Å². The number of ether oxygens (including phenoxy) is 3. The molecule has 3 aromatic rings. The van der Waals surface area contributed by atoms with Gasteiger partial charge in [-0.1, -0.05) is 18.2 Å². The summed E-state index contributed by atoms with van der Waals surface area (Å²) in [5.74, 6) is 3.83. The fourth-order valence-corrected chi connectivity index (χ4v) is 3.09. The molecule has 1 aromatic heterocycles. The van der Waals surface area contributed by atoms with E-state index in [9.17, 15) is 0 Å². The number of hydrogen-bond acceptors (Lipinski definition) is 7. The van der Waals surface area contributed by atoms with E-state index in [1.165, 1.54) is 5.56 Å². The predicted molar refractivity (Wildman–Crippen MR) is 112 cm³/mol. The number of aryl methyl sites for hydroxylation is 1. The summed E-state index contributed by atoms with van der Waals surface area (Å²) in [5, 5.41) is 6.66. The van der Waals surface area contributed by atoms with Gasteiger partial charge in [0, 0.05) is 24.8 Å². The Morgan fingerprint density at radius 2 is 1.72 bits per heavy atom. The lowest BCUT2D eigenvalue weighted by Gasteiger charge is -2.10. The minimum absolute atomic E-state index is 0.281. The van der Waals surface area contributed by atoms with E-state index in [1.54, 1.807) is 7.11 Å². The van der Waals surface area contributed by atoms with E-state index in [0.717, 1.165) is 47.3 Å². The van der Waals surface area contributed by atoms with Crippen LogP contribution in [0.2, 0.25) is 0 Å². The molecule has 0 aliphatic carbocycles. The van der Waals surface area contributed by atoms with Crippen molar-refractivity contribution in [3.63, 3.8) is 0 Å². The Morgan fingerprint density at radius 1 is 0.931 bits per heavy atom. The highest BCUT2D eigenvalue weighted by Gasteiger charge is 2.13. The third-order valence-electron chi connectivity index (χ3n) is 4.62. The Morgan fingerprint density at radius 3 is 2.55 bits per heavy atom. The predicted octanol–water partition coefficient (Wildman–Crippen LogP) is 3.79. The van der Waals surface area contributed by atoms with Crippen LogP contribution in [0.4, 0.5) is 11.8 Å². The molecule has 0 atom stereocenters. The summed E-state index contributed by atoms with van der Waals surface area (Å²) in [6.07, 6.45) is 0.876. The van der Waals surface area contributed by atoms with E-state index in [-0.39, 0.29) is 6.79 Å². The molecule has 2 N–H and O–H groups in total. The molecule has 4 rings (SSSR count). The normalized spacial score (nSPS) is 11.9. The van der Waals surface area contributed by atoms with Crippen LogP contribution in [-0.4, -0.2) is 30.4 Å². The topological polar surface area (TPSA) is 77.5 Å². The van der Waals surface area contributed by atoms with Crippen LogP contribution in [-0.2, 0) is 13.0 Å². The third-order valence-corrected chi connectivity index (χ3v) is 4.62. The summed E-state index contributed by atoms with van der Waals surface area (Å²) in [5.41, 5.74) is 3.23. The highest BCUT2D eigenvalue weighted by atomic mass is 16.7. The number of nitrogens with zero attached hydrogens (tertiary/aromatic N) is 2. The van der Waals surface area contributed by atoms with Crippen LogP contribution in [0.25, 0.3) is 0 Å². The second kappa shape index (κ2) is 8.68. The molecular formula is C22H24N4O3. The Bertz CT molecular complexity index is 976. The van der Waals surface area contributed by atoms with Crippen LogP contribution in [0.15, 0.2) is 48.5 Å². The molecule has 0 saturated heterocycles. The van der Waals surface area contributed by atoms with E-state index in [0.29, 0.717) is 12.5 Å². The smallest absolute Gasteiger partial charge is 0.231 e. The Kier molecular flexibility index (Phi) is 5.65. The molecule has 2 heterocycles. The maximum Gasteiger partial charge on any atom is 0.231 e. The molecule has 0 fully saturated rings. The number of hydrogen-bond donors (Lipinski definition) is 2.